The van der Waals surface area contributed by atoms with Gasteiger partial charge < -0.3 is 15.2 Å². The van der Waals surface area contributed by atoms with Gasteiger partial charge in [-0.1, -0.05) is 22.0 Å². The molecule has 0 unspecified atom stereocenters. The van der Waals surface area contributed by atoms with E-state index in [1.165, 1.54) is 7.11 Å². The van der Waals surface area contributed by atoms with Crippen LogP contribution in [0.4, 0.5) is 0 Å². The maximum Gasteiger partial charge on any atom is 0.330 e. The molecule has 0 aliphatic heterocycles. The van der Waals surface area contributed by atoms with Gasteiger partial charge in [0, 0.05) is 10.0 Å². The van der Waals surface area contributed by atoms with Crippen LogP contribution >= 0.6 is 15.9 Å². The first-order valence-electron chi connectivity index (χ1n) is 4.83. The number of carbonyl (C=O) groups excluding carboxylic acids is 2. The zero-order valence-electron chi connectivity index (χ0n) is 9.14. The summed E-state index contributed by atoms with van der Waals surface area (Å²) in [5, 5.41) is 11.3. The van der Waals surface area contributed by atoms with Crippen LogP contribution in [0.1, 0.15) is 10.4 Å². The van der Waals surface area contributed by atoms with Gasteiger partial charge in [0.25, 0.3) is 5.91 Å². The summed E-state index contributed by atoms with van der Waals surface area (Å²) in [7, 11) is 1.19. The molecule has 92 valence electrons. The highest BCUT2D eigenvalue weighted by Gasteiger charge is 2.20. The van der Waals surface area contributed by atoms with Crippen molar-refractivity contribution in [2.45, 2.75) is 6.04 Å². The van der Waals surface area contributed by atoms with E-state index >= 15 is 0 Å². The fourth-order valence-electron chi connectivity index (χ4n) is 1.19. The topological polar surface area (TPSA) is 75.6 Å². The Kier molecular flexibility index (Phi) is 5.11. The van der Waals surface area contributed by atoms with Gasteiger partial charge in [-0.05, 0) is 18.2 Å². The number of benzene rings is 1. The Balaban J connectivity index is 2.74. The zero-order valence-corrected chi connectivity index (χ0v) is 10.7. The molecule has 1 aromatic carbocycles. The molecule has 0 saturated heterocycles. The van der Waals surface area contributed by atoms with Crippen molar-refractivity contribution in [1.29, 1.82) is 0 Å². The van der Waals surface area contributed by atoms with E-state index in [0.29, 0.717) is 5.56 Å². The number of aliphatic hydroxyl groups excluding tert-OH is 1. The third kappa shape index (κ3) is 3.83. The summed E-state index contributed by atoms with van der Waals surface area (Å²) in [6.45, 7) is -0.508. The Bertz CT molecular complexity index is 422. The number of hydrogen-bond donors (Lipinski definition) is 2. The van der Waals surface area contributed by atoms with Crippen LogP contribution in [0.25, 0.3) is 0 Å². The summed E-state index contributed by atoms with van der Waals surface area (Å²) in [5.41, 5.74) is 0.390. The van der Waals surface area contributed by atoms with Crippen molar-refractivity contribution in [3.8, 4) is 0 Å². The molecule has 0 aliphatic rings. The van der Waals surface area contributed by atoms with Gasteiger partial charge >= 0.3 is 5.97 Å². The summed E-state index contributed by atoms with van der Waals surface area (Å²) in [5.74, 6) is -1.13. The van der Waals surface area contributed by atoms with Crippen LogP contribution in [0.5, 0.6) is 0 Å². The first kappa shape index (κ1) is 13.7. The molecule has 6 heteroatoms. The molecule has 2 N–H and O–H groups in total. The number of methoxy groups -OCH3 is 1. The molecule has 0 fully saturated rings. The van der Waals surface area contributed by atoms with Gasteiger partial charge in [-0.2, -0.15) is 0 Å². The third-order valence-electron chi connectivity index (χ3n) is 2.06. The molecule has 0 spiro atoms. The third-order valence-corrected chi connectivity index (χ3v) is 2.55. The Morgan fingerprint density at radius 1 is 1.53 bits per heavy atom. The van der Waals surface area contributed by atoms with Crippen molar-refractivity contribution in [2.75, 3.05) is 13.7 Å². The fourth-order valence-corrected chi connectivity index (χ4v) is 1.59. The lowest BCUT2D eigenvalue weighted by Crippen LogP contribution is -2.44. The minimum absolute atomic E-state index is 0.390. The smallest absolute Gasteiger partial charge is 0.330 e. The largest absolute Gasteiger partial charge is 0.467 e. The first-order chi connectivity index (χ1) is 8.08. The normalized spacial score (nSPS) is 11.7. The van der Waals surface area contributed by atoms with Gasteiger partial charge in [0.2, 0.25) is 0 Å². The SMILES string of the molecule is COC(=O)[C@@H](CO)NC(=O)c1cccc(Br)c1. The summed E-state index contributed by atoms with van der Waals surface area (Å²) in [6.07, 6.45) is 0. The highest BCUT2D eigenvalue weighted by Crippen LogP contribution is 2.11. The molecule has 0 heterocycles. The maximum absolute atomic E-state index is 11.7. The van der Waals surface area contributed by atoms with Crippen LogP contribution in [0.2, 0.25) is 0 Å². The Morgan fingerprint density at radius 2 is 2.24 bits per heavy atom. The van der Waals surface area contributed by atoms with E-state index in [4.69, 9.17) is 5.11 Å². The Hall–Kier alpha value is -1.40. The molecule has 5 nitrogen and oxygen atoms in total. The molecular weight excluding hydrogens is 290 g/mol. The predicted molar refractivity (Wildman–Crippen MR) is 64.5 cm³/mol. The average molecular weight is 302 g/mol. The maximum atomic E-state index is 11.7. The fraction of sp³-hybridized carbons (Fsp3) is 0.273. The van der Waals surface area contributed by atoms with E-state index < -0.39 is 24.5 Å². The van der Waals surface area contributed by atoms with Gasteiger partial charge in [-0.3, -0.25) is 4.79 Å². The summed E-state index contributed by atoms with van der Waals surface area (Å²) < 4.78 is 5.19. The quantitative estimate of drug-likeness (QED) is 0.803. The van der Waals surface area contributed by atoms with Crippen LogP contribution in [0.15, 0.2) is 28.7 Å². The van der Waals surface area contributed by atoms with E-state index in [1.54, 1.807) is 24.3 Å². The minimum Gasteiger partial charge on any atom is -0.467 e. The molecule has 1 aromatic rings. The monoisotopic (exact) mass is 301 g/mol. The van der Waals surface area contributed by atoms with E-state index in [-0.39, 0.29) is 0 Å². The molecular formula is C11H12BrNO4. The number of ether oxygens (including phenoxy) is 1. The lowest BCUT2D eigenvalue weighted by Gasteiger charge is -2.13. The van der Waals surface area contributed by atoms with Crippen LogP contribution < -0.4 is 5.32 Å². The predicted octanol–water partition coefficient (Wildman–Crippen LogP) is 0.713. The number of aliphatic hydroxyl groups is 1. The first-order valence-corrected chi connectivity index (χ1v) is 5.63. The highest BCUT2D eigenvalue weighted by atomic mass is 79.9. The second-order valence-electron chi connectivity index (χ2n) is 3.24. The summed E-state index contributed by atoms with van der Waals surface area (Å²) in [4.78, 5) is 22.9. The lowest BCUT2D eigenvalue weighted by molar-refractivity contribution is -0.143. The van der Waals surface area contributed by atoms with Crippen LogP contribution in [-0.2, 0) is 9.53 Å². The molecule has 0 bridgehead atoms. The number of nitrogens with one attached hydrogen (secondary N) is 1. The molecule has 0 radical (unpaired) electrons. The van der Waals surface area contributed by atoms with Crippen molar-refractivity contribution < 1.29 is 19.4 Å². The molecule has 17 heavy (non-hydrogen) atoms. The summed E-state index contributed by atoms with van der Waals surface area (Å²) >= 11 is 3.24. The second kappa shape index (κ2) is 6.36. The number of carbonyl (C=O) groups is 2. The van der Waals surface area contributed by atoms with Crippen molar-refractivity contribution in [1.82, 2.24) is 5.32 Å². The molecule has 1 rings (SSSR count). The Labute approximate surface area is 107 Å². The van der Waals surface area contributed by atoms with Gasteiger partial charge in [0.1, 0.15) is 0 Å². The van der Waals surface area contributed by atoms with Crippen LogP contribution in [-0.4, -0.2) is 36.7 Å². The Morgan fingerprint density at radius 3 is 2.76 bits per heavy atom. The number of halogens is 1. The van der Waals surface area contributed by atoms with Gasteiger partial charge in [0.05, 0.1) is 13.7 Å². The van der Waals surface area contributed by atoms with Crippen molar-refractivity contribution in [3.05, 3.63) is 34.3 Å². The number of rotatable bonds is 4. The second-order valence-corrected chi connectivity index (χ2v) is 4.16. The van der Waals surface area contributed by atoms with Crippen molar-refractivity contribution in [2.24, 2.45) is 0 Å². The van der Waals surface area contributed by atoms with Gasteiger partial charge in [-0.15, -0.1) is 0 Å². The van der Waals surface area contributed by atoms with E-state index in [0.717, 1.165) is 4.47 Å². The number of amides is 1. The van der Waals surface area contributed by atoms with Crippen molar-refractivity contribution >= 4 is 27.8 Å². The molecule has 1 atom stereocenters. The van der Waals surface area contributed by atoms with Gasteiger partial charge in [0.15, 0.2) is 6.04 Å². The zero-order chi connectivity index (χ0) is 12.8. The molecule has 1 amide bonds. The standard InChI is InChI=1S/C11H12BrNO4/c1-17-11(16)9(6-14)13-10(15)7-3-2-4-8(12)5-7/h2-5,9,14H,6H2,1H3,(H,13,15)/t9-/m1/s1. The number of hydrogen-bond acceptors (Lipinski definition) is 4. The van der Waals surface area contributed by atoms with Crippen LogP contribution in [0.3, 0.4) is 0 Å². The van der Waals surface area contributed by atoms with Crippen molar-refractivity contribution in [3.63, 3.8) is 0 Å². The van der Waals surface area contributed by atoms with E-state index in [2.05, 4.69) is 26.0 Å². The lowest BCUT2D eigenvalue weighted by atomic mass is 10.2. The molecule has 0 aliphatic carbocycles. The van der Waals surface area contributed by atoms with Crippen LogP contribution in [0, 0.1) is 0 Å². The number of esters is 1. The average Bonchev–Trinajstić information content (AvgIpc) is 2.34. The van der Waals surface area contributed by atoms with Gasteiger partial charge in [-0.25, -0.2) is 4.79 Å². The molecule has 0 saturated carbocycles. The minimum atomic E-state index is -1.05. The summed E-state index contributed by atoms with van der Waals surface area (Å²) in [6, 6.07) is 5.64. The van der Waals surface area contributed by atoms with E-state index in [9.17, 15) is 9.59 Å². The molecule has 0 aromatic heterocycles. The van der Waals surface area contributed by atoms with E-state index in [1.807, 2.05) is 0 Å². The highest BCUT2D eigenvalue weighted by molar-refractivity contribution is 9.10.